The van der Waals surface area contributed by atoms with Crippen molar-refractivity contribution in [2.75, 3.05) is 26.2 Å². The molecule has 0 bridgehead atoms. The lowest BCUT2D eigenvalue weighted by atomic mass is 10.1. The average Bonchev–Trinajstić information content (AvgIpc) is 3.03. The topological polar surface area (TPSA) is 40.9 Å². The Morgan fingerprint density at radius 2 is 1.96 bits per heavy atom. The molecule has 1 fully saturated rings. The zero-order chi connectivity index (χ0) is 19.0. The largest absolute Gasteiger partial charge is 0.295 e. The van der Waals surface area contributed by atoms with Crippen LogP contribution in [-0.2, 0) is 6.54 Å². The van der Waals surface area contributed by atoms with Crippen LogP contribution in [0.25, 0.3) is 4.96 Å². The highest BCUT2D eigenvalue weighted by Crippen LogP contribution is 2.28. The van der Waals surface area contributed by atoms with Gasteiger partial charge in [0.1, 0.15) is 0 Å². The molecule has 27 heavy (non-hydrogen) atoms. The summed E-state index contributed by atoms with van der Waals surface area (Å²) in [4.78, 5) is 22.6. The molecule has 0 amide bonds. The molecule has 0 unspecified atom stereocenters. The Morgan fingerprint density at radius 1 is 1.22 bits per heavy atom. The maximum Gasteiger partial charge on any atom is 0.259 e. The molecule has 0 aliphatic carbocycles. The second-order valence-electron chi connectivity index (χ2n) is 7.09. The third kappa shape index (κ3) is 3.80. The van der Waals surface area contributed by atoms with Crippen molar-refractivity contribution in [2.45, 2.75) is 26.4 Å². The van der Waals surface area contributed by atoms with Crippen LogP contribution in [-0.4, -0.2) is 45.4 Å². The SMILES string of the molecule is Cc1csc2nc(CN3CCN([C@H](C)c4ccccc4Cl)CC3)cc(=O)n12. The van der Waals surface area contributed by atoms with Gasteiger partial charge in [-0.05, 0) is 25.5 Å². The van der Waals surface area contributed by atoms with Crippen LogP contribution in [0.1, 0.15) is 29.9 Å². The number of hydrogen-bond donors (Lipinski definition) is 0. The summed E-state index contributed by atoms with van der Waals surface area (Å²) in [6.45, 7) is 8.74. The minimum absolute atomic E-state index is 0.0136. The number of aryl methyl sites for hydroxylation is 1. The number of aromatic nitrogens is 2. The smallest absolute Gasteiger partial charge is 0.259 e. The maximum atomic E-state index is 12.3. The fourth-order valence-electron chi connectivity index (χ4n) is 3.73. The molecule has 1 aliphatic heterocycles. The van der Waals surface area contributed by atoms with E-state index in [4.69, 9.17) is 11.6 Å². The Balaban J connectivity index is 1.41. The first-order chi connectivity index (χ1) is 13.0. The number of piperazine rings is 1. The predicted molar refractivity (Wildman–Crippen MR) is 111 cm³/mol. The van der Waals surface area contributed by atoms with Gasteiger partial charge >= 0.3 is 0 Å². The first kappa shape index (κ1) is 18.6. The van der Waals surface area contributed by atoms with Gasteiger partial charge in [-0.2, -0.15) is 0 Å². The Morgan fingerprint density at radius 3 is 2.70 bits per heavy atom. The van der Waals surface area contributed by atoms with E-state index in [0.29, 0.717) is 6.04 Å². The van der Waals surface area contributed by atoms with Crippen LogP contribution in [0.5, 0.6) is 0 Å². The van der Waals surface area contributed by atoms with Gasteiger partial charge in [-0.3, -0.25) is 19.0 Å². The van der Waals surface area contributed by atoms with Crippen LogP contribution in [0.4, 0.5) is 0 Å². The monoisotopic (exact) mass is 402 g/mol. The molecule has 1 aromatic carbocycles. The van der Waals surface area contributed by atoms with Gasteiger partial charge in [-0.15, -0.1) is 11.3 Å². The zero-order valence-electron chi connectivity index (χ0n) is 15.6. The van der Waals surface area contributed by atoms with Crippen molar-refractivity contribution in [1.29, 1.82) is 0 Å². The van der Waals surface area contributed by atoms with Crippen LogP contribution in [0.15, 0.2) is 40.5 Å². The van der Waals surface area contributed by atoms with Crippen LogP contribution in [0.2, 0.25) is 5.02 Å². The quantitative estimate of drug-likeness (QED) is 0.668. The summed E-state index contributed by atoms with van der Waals surface area (Å²) in [5, 5.41) is 2.80. The van der Waals surface area contributed by atoms with E-state index in [2.05, 4.69) is 27.8 Å². The third-order valence-electron chi connectivity index (χ3n) is 5.32. The Kier molecular flexibility index (Phi) is 5.32. The van der Waals surface area contributed by atoms with Crippen LogP contribution in [0, 0.1) is 6.92 Å². The summed E-state index contributed by atoms with van der Waals surface area (Å²) < 4.78 is 1.68. The summed E-state index contributed by atoms with van der Waals surface area (Å²) in [7, 11) is 0. The molecule has 7 heteroatoms. The van der Waals surface area contributed by atoms with E-state index in [1.165, 1.54) is 16.9 Å². The van der Waals surface area contributed by atoms with Crippen LogP contribution < -0.4 is 5.56 Å². The molecule has 4 rings (SSSR count). The molecule has 0 spiro atoms. The number of benzene rings is 1. The first-order valence-electron chi connectivity index (χ1n) is 9.20. The van der Waals surface area contributed by atoms with Gasteiger partial charge in [-0.1, -0.05) is 29.8 Å². The first-order valence-corrected chi connectivity index (χ1v) is 10.5. The number of fused-ring (bicyclic) bond motifs is 1. The fourth-order valence-corrected chi connectivity index (χ4v) is 4.91. The molecule has 1 saturated heterocycles. The molecule has 0 radical (unpaired) electrons. The van der Waals surface area contributed by atoms with Crippen molar-refractivity contribution in [3.05, 3.63) is 68.0 Å². The molecule has 2 aromatic heterocycles. The van der Waals surface area contributed by atoms with Crippen molar-refractivity contribution < 1.29 is 0 Å². The molecule has 3 aromatic rings. The van der Waals surface area contributed by atoms with Crippen LogP contribution in [0.3, 0.4) is 0 Å². The lowest BCUT2D eigenvalue weighted by Crippen LogP contribution is -2.46. The van der Waals surface area contributed by atoms with E-state index in [-0.39, 0.29) is 5.56 Å². The van der Waals surface area contributed by atoms with Crippen molar-refractivity contribution >= 4 is 27.9 Å². The highest BCUT2D eigenvalue weighted by Gasteiger charge is 2.23. The predicted octanol–water partition coefficient (Wildman–Crippen LogP) is 3.60. The van der Waals surface area contributed by atoms with Gasteiger partial charge in [0.15, 0.2) is 4.96 Å². The molecule has 0 saturated carbocycles. The average molecular weight is 403 g/mol. The molecular weight excluding hydrogens is 380 g/mol. The molecule has 0 N–H and O–H groups in total. The highest BCUT2D eigenvalue weighted by molar-refractivity contribution is 7.15. The van der Waals surface area contributed by atoms with Gasteiger partial charge in [0.2, 0.25) is 0 Å². The Labute approximate surface area is 167 Å². The number of hydrogen-bond acceptors (Lipinski definition) is 5. The Bertz CT molecular complexity index is 1010. The summed E-state index contributed by atoms with van der Waals surface area (Å²) in [6.07, 6.45) is 0. The molecule has 5 nitrogen and oxygen atoms in total. The van der Waals surface area contributed by atoms with Gasteiger partial charge in [-0.25, -0.2) is 4.98 Å². The Hall–Kier alpha value is -1.73. The fraction of sp³-hybridized carbons (Fsp3) is 0.400. The summed E-state index contributed by atoms with van der Waals surface area (Å²) >= 11 is 7.88. The zero-order valence-corrected chi connectivity index (χ0v) is 17.1. The standard InChI is InChI=1S/C20H23ClN4OS/c1-14-13-27-20-22-16(11-19(26)25(14)20)12-23-7-9-24(10-8-23)15(2)17-5-3-4-6-18(17)21/h3-6,11,13,15H,7-10,12H2,1-2H3/t15-/m1/s1. The molecule has 1 atom stereocenters. The van der Waals surface area contributed by atoms with Gasteiger partial charge in [0.25, 0.3) is 5.56 Å². The summed E-state index contributed by atoms with van der Waals surface area (Å²) in [6, 6.07) is 10.0. The second kappa shape index (κ2) is 7.72. The van der Waals surface area contributed by atoms with E-state index in [1.54, 1.807) is 10.5 Å². The van der Waals surface area contributed by atoms with Gasteiger partial charge in [0, 0.05) is 60.9 Å². The van der Waals surface area contributed by atoms with E-state index in [9.17, 15) is 4.79 Å². The normalized spacial score (nSPS) is 17.4. The third-order valence-corrected chi connectivity index (χ3v) is 6.61. The van der Waals surface area contributed by atoms with Gasteiger partial charge in [0.05, 0.1) is 5.69 Å². The van der Waals surface area contributed by atoms with Crippen molar-refractivity contribution in [3.63, 3.8) is 0 Å². The number of rotatable bonds is 4. The van der Waals surface area contributed by atoms with Crippen molar-refractivity contribution in [1.82, 2.24) is 19.2 Å². The minimum Gasteiger partial charge on any atom is -0.295 e. The number of halogens is 1. The lowest BCUT2D eigenvalue weighted by Gasteiger charge is -2.38. The molecule has 142 valence electrons. The molecule has 3 heterocycles. The van der Waals surface area contributed by atoms with E-state index in [0.717, 1.165) is 54.1 Å². The number of thiazole rings is 1. The molecular formula is C20H23ClN4OS. The lowest BCUT2D eigenvalue weighted by molar-refractivity contribution is 0.0971. The number of nitrogens with zero attached hydrogens (tertiary/aromatic N) is 4. The van der Waals surface area contributed by atoms with Crippen molar-refractivity contribution in [3.8, 4) is 0 Å². The highest BCUT2D eigenvalue weighted by atomic mass is 35.5. The molecule has 1 aliphatic rings. The van der Waals surface area contributed by atoms with E-state index >= 15 is 0 Å². The van der Waals surface area contributed by atoms with E-state index < -0.39 is 0 Å². The second-order valence-corrected chi connectivity index (χ2v) is 8.33. The van der Waals surface area contributed by atoms with Crippen molar-refractivity contribution in [2.24, 2.45) is 0 Å². The maximum absolute atomic E-state index is 12.3. The van der Waals surface area contributed by atoms with Crippen LogP contribution >= 0.6 is 22.9 Å². The summed E-state index contributed by atoms with van der Waals surface area (Å²) in [5.74, 6) is 0. The summed E-state index contributed by atoms with van der Waals surface area (Å²) in [5.41, 5.74) is 3.00. The van der Waals surface area contributed by atoms with E-state index in [1.807, 2.05) is 30.5 Å². The van der Waals surface area contributed by atoms with Gasteiger partial charge < -0.3 is 0 Å². The minimum atomic E-state index is 0.0136.